The molecule has 0 radical (unpaired) electrons. The molecule has 118 valence electrons. The van der Waals surface area contributed by atoms with Crippen LogP contribution < -0.4 is 5.32 Å². The maximum atomic E-state index is 12.1. The van der Waals surface area contributed by atoms with E-state index in [1.165, 1.54) is 12.1 Å². The third-order valence-corrected chi connectivity index (χ3v) is 4.34. The van der Waals surface area contributed by atoms with Gasteiger partial charge < -0.3 is 15.4 Å². The number of benzene rings is 2. The van der Waals surface area contributed by atoms with Crippen LogP contribution in [0.15, 0.2) is 47.1 Å². The number of carbonyl (C=O) groups is 1. The summed E-state index contributed by atoms with van der Waals surface area (Å²) in [7, 11) is 0. The highest BCUT2D eigenvalue weighted by Gasteiger charge is 2.11. The van der Waals surface area contributed by atoms with Gasteiger partial charge in [-0.15, -0.1) is 0 Å². The van der Waals surface area contributed by atoms with Gasteiger partial charge in [0.2, 0.25) is 0 Å². The van der Waals surface area contributed by atoms with Crippen molar-refractivity contribution >= 4 is 44.3 Å². The van der Waals surface area contributed by atoms with Crippen LogP contribution in [0.3, 0.4) is 0 Å². The number of aromatic nitrogens is 1. The fraction of sp³-hybridized carbons (Fsp3) is 0.118. The molecule has 6 heteroatoms. The van der Waals surface area contributed by atoms with E-state index in [4.69, 9.17) is 11.6 Å². The number of H-pyrrole nitrogens is 1. The molecule has 1 aromatic heterocycles. The Hall–Kier alpha value is -1.98. The SMILES string of the molecule is O=C(NCCc1c[nH]c2ccc(Br)cc12)c1ccc(Cl)cc1O. The fourth-order valence-electron chi connectivity index (χ4n) is 2.46. The highest BCUT2D eigenvalue weighted by Crippen LogP contribution is 2.23. The summed E-state index contributed by atoms with van der Waals surface area (Å²) in [5.74, 6) is -0.439. The second kappa shape index (κ2) is 6.64. The molecule has 2 aromatic carbocycles. The second-order valence-electron chi connectivity index (χ2n) is 5.17. The predicted molar refractivity (Wildman–Crippen MR) is 95.2 cm³/mol. The summed E-state index contributed by atoms with van der Waals surface area (Å²) in [5, 5.41) is 14.1. The van der Waals surface area contributed by atoms with Crippen LogP contribution in [0.4, 0.5) is 0 Å². The monoisotopic (exact) mass is 392 g/mol. The summed E-state index contributed by atoms with van der Waals surface area (Å²) >= 11 is 9.23. The van der Waals surface area contributed by atoms with Crippen molar-refractivity contribution in [3.8, 4) is 5.75 Å². The molecule has 0 bridgehead atoms. The van der Waals surface area contributed by atoms with Gasteiger partial charge in [-0.3, -0.25) is 4.79 Å². The van der Waals surface area contributed by atoms with E-state index < -0.39 is 0 Å². The Labute approximate surface area is 146 Å². The number of fused-ring (bicyclic) bond motifs is 1. The van der Waals surface area contributed by atoms with E-state index >= 15 is 0 Å². The molecule has 0 atom stereocenters. The van der Waals surface area contributed by atoms with E-state index in [9.17, 15) is 9.90 Å². The lowest BCUT2D eigenvalue weighted by molar-refractivity contribution is 0.0951. The van der Waals surface area contributed by atoms with E-state index in [2.05, 4.69) is 26.2 Å². The molecule has 0 unspecified atom stereocenters. The van der Waals surface area contributed by atoms with E-state index in [-0.39, 0.29) is 17.2 Å². The number of amides is 1. The second-order valence-corrected chi connectivity index (χ2v) is 6.52. The summed E-state index contributed by atoms with van der Waals surface area (Å²) < 4.78 is 1.01. The highest BCUT2D eigenvalue weighted by atomic mass is 79.9. The number of rotatable bonds is 4. The molecular formula is C17H14BrClN2O2. The van der Waals surface area contributed by atoms with Gasteiger partial charge in [-0.2, -0.15) is 0 Å². The molecule has 0 saturated heterocycles. The molecule has 3 aromatic rings. The average molecular weight is 394 g/mol. The maximum absolute atomic E-state index is 12.1. The molecule has 23 heavy (non-hydrogen) atoms. The molecule has 0 aliphatic carbocycles. The summed E-state index contributed by atoms with van der Waals surface area (Å²) in [4.78, 5) is 15.3. The Morgan fingerprint density at radius 2 is 2.09 bits per heavy atom. The number of phenolic OH excluding ortho intramolecular Hbond substituents is 1. The van der Waals surface area contributed by atoms with Crippen LogP contribution in [-0.4, -0.2) is 22.5 Å². The molecule has 1 heterocycles. The minimum atomic E-state index is -0.319. The summed E-state index contributed by atoms with van der Waals surface area (Å²) in [6.45, 7) is 0.473. The number of nitrogens with one attached hydrogen (secondary N) is 2. The first-order valence-electron chi connectivity index (χ1n) is 7.07. The van der Waals surface area contributed by atoms with Crippen molar-refractivity contribution in [3.63, 3.8) is 0 Å². The van der Waals surface area contributed by atoms with Gasteiger partial charge in [-0.1, -0.05) is 27.5 Å². The van der Waals surface area contributed by atoms with E-state index in [0.29, 0.717) is 18.0 Å². The highest BCUT2D eigenvalue weighted by molar-refractivity contribution is 9.10. The third kappa shape index (κ3) is 3.51. The Bertz CT molecular complexity index is 876. The maximum Gasteiger partial charge on any atom is 0.255 e. The molecular weight excluding hydrogens is 380 g/mol. The van der Waals surface area contributed by atoms with Crippen molar-refractivity contribution in [2.75, 3.05) is 6.54 Å². The van der Waals surface area contributed by atoms with Crippen LogP contribution in [0.5, 0.6) is 5.75 Å². The molecule has 1 amide bonds. The van der Waals surface area contributed by atoms with Gasteiger partial charge >= 0.3 is 0 Å². The van der Waals surface area contributed by atoms with Crippen LogP contribution in [0.1, 0.15) is 15.9 Å². The standard InChI is InChI=1S/C17H14BrClN2O2/c18-11-1-4-15-14(7-11)10(9-21-15)5-6-20-17(23)13-3-2-12(19)8-16(13)22/h1-4,7-9,21-22H,5-6H2,(H,20,23). The minimum Gasteiger partial charge on any atom is -0.507 e. The Kier molecular flexibility index (Phi) is 4.59. The fourth-order valence-corrected chi connectivity index (χ4v) is 2.99. The van der Waals surface area contributed by atoms with Crippen molar-refractivity contribution in [1.29, 1.82) is 0 Å². The first-order chi connectivity index (χ1) is 11.0. The van der Waals surface area contributed by atoms with Gasteiger partial charge in [-0.05, 0) is 48.4 Å². The van der Waals surface area contributed by atoms with Crippen LogP contribution in [0, 0.1) is 0 Å². The smallest absolute Gasteiger partial charge is 0.255 e. The number of hydrogen-bond acceptors (Lipinski definition) is 2. The number of hydrogen-bond donors (Lipinski definition) is 3. The lowest BCUT2D eigenvalue weighted by Gasteiger charge is -2.07. The topological polar surface area (TPSA) is 65.1 Å². The quantitative estimate of drug-likeness (QED) is 0.620. The van der Waals surface area contributed by atoms with E-state index in [1.54, 1.807) is 6.07 Å². The largest absolute Gasteiger partial charge is 0.507 e. The van der Waals surface area contributed by atoms with Crippen molar-refractivity contribution < 1.29 is 9.90 Å². The first-order valence-corrected chi connectivity index (χ1v) is 8.24. The summed E-state index contributed by atoms with van der Waals surface area (Å²) in [5.41, 5.74) is 2.41. The Morgan fingerprint density at radius 3 is 2.87 bits per heavy atom. The van der Waals surface area contributed by atoms with Crippen LogP contribution in [0.2, 0.25) is 5.02 Å². The Morgan fingerprint density at radius 1 is 1.26 bits per heavy atom. The lowest BCUT2D eigenvalue weighted by atomic mass is 10.1. The third-order valence-electron chi connectivity index (χ3n) is 3.61. The van der Waals surface area contributed by atoms with Crippen molar-refractivity contribution in [1.82, 2.24) is 10.3 Å². The van der Waals surface area contributed by atoms with Gasteiger partial charge in [0.05, 0.1) is 5.56 Å². The van der Waals surface area contributed by atoms with Crippen LogP contribution >= 0.6 is 27.5 Å². The average Bonchev–Trinajstić information content (AvgIpc) is 2.89. The molecule has 3 rings (SSSR count). The first kappa shape index (κ1) is 15.9. The zero-order chi connectivity index (χ0) is 16.4. The van der Waals surface area contributed by atoms with Gasteiger partial charge in [0, 0.05) is 33.1 Å². The number of phenols is 1. The van der Waals surface area contributed by atoms with Gasteiger partial charge in [0.25, 0.3) is 5.91 Å². The normalized spacial score (nSPS) is 10.9. The zero-order valence-electron chi connectivity index (χ0n) is 12.1. The minimum absolute atomic E-state index is 0.119. The van der Waals surface area contributed by atoms with Gasteiger partial charge in [-0.25, -0.2) is 0 Å². The lowest BCUT2D eigenvalue weighted by Crippen LogP contribution is -2.25. The van der Waals surface area contributed by atoms with E-state index in [1.807, 2.05) is 24.4 Å². The molecule has 0 fully saturated rings. The number of aromatic amines is 1. The van der Waals surface area contributed by atoms with Crippen LogP contribution in [0.25, 0.3) is 10.9 Å². The van der Waals surface area contributed by atoms with E-state index in [0.717, 1.165) is 20.9 Å². The number of halogens is 2. The van der Waals surface area contributed by atoms with Crippen molar-refractivity contribution in [3.05, 3.63) is 63.2 Å². The predicted octanol–water partition coefficient (Wildman–Crippen LogP) is 4.26. The van der Waals surface area contributed by atoms with Crippen molar-refractivity contribution in [2.45, 2.75) is 6.42 Å². The molecule has 0 aliphatic heterocycles. The summed E-state index contributed by atoms with van der Waals surface area (Å²) in [6.07, 6.45) is 2.64. The van der Waals surface area contributed by atoms with Gasteiger partial charge in [0.15, 0.2) is 0 Å². The van der Waals surface area contributed by atoms with Crippen molar-refractivity contribution in [2.24, 2.45) is 0 Å². The molecule has 4 nitrogen and oxygen atoms in total. The Balaban J connectivity index is 1.66. The summed E-state index contributed by atoms with van der Waals surface area (Å²) in [6, 6.07) is 10.5. The van der Waals surface area contributed by atoms with Gasteiger partial charge in [0.1, 0.15) is 5.75 Å². The molecule has 0 saturated carbocycles. The molecule has 3 N–H and O–H groups in total. The zero-order valence-corrected chi connectivity index (χ0v) is 14.4. The number of aromatic hydroxyl groups is 1. The number of carbonyl (C=O) groups excluding carboxylic acids is 1. The van der Waals surface area contributed by atoms with Crippen LogP contribution in [-0.2, 0) is 6.42 Å². The molecule has 0 aliphatic rings. The molecule has 0 spiro atoms.